The van der Waals surface area contributed by atoms with Gasteiger partial charge in [-0.25, -0.2) is 8.42 Å². The third-order valence-electron chi connectivity index (χ3n) is 3.61. The third kappa shape index (κ3) is 2.11. The van der Waals surface area contributed by atoms with Crippen LogP contribution in [0, 0.1) is 20.2 Å². The van der Waals surface area contributed by atoms with Gasteiger partial charge in [0, 0.05) is 31.3 Å². The van der Waals surface area contributed by atoms with Crippen molar-refractivity contribution >= 4 is 32.6 Å². The van der Waals surface area contributed by atoms with E-state index in [0.717, 1.165) is 12.1 Å². The van der Waals surface area contributed by atoms with Crippen molar-refractivity contribution in [1.82, 2.24) is 0 Å². The van der Waals surface area contributed by atoms with E-state index in [-0.39, 0.29) is 32.5 Å². The molecule has 0 fully saturated rings. The lowest BCUT2D eigenvalue weighted by Crippen LogP contribution is -2.22. The number of nitro groups is 2. The fourth-order valence-corrected chi connectivity index (χ4v) is 4.21. The number of sulfone groups is 1. The number of fused-ring (bicyclic) bond motifs is 2. The first kappa shape index (κ1) is 14.9. The molecule has 0 saturated carbocycles. The van der Waals surface area contributed by atoms with Crippen LogP contribution >= 0.6 is 0 Å². The topological polar surface area (TPSA) is 124 Å². The van der Waals surface area contributed by atoms with Crippen LogP contribution in [0.25, 0.3) is 0 Å². The van der Waals surface area contributed by atoms with Gasteiger partial charge in [0.05, 0.1) is 21.2 Å². The van der Waals surface area contributed by atoms with Crippen LogP contribution in [0.15, 0.2) is 46.2 Å². The normalized spacial score (nSPS) is 14.7. The SMILES string of the molecule is CN1c2ccc([N+](=O)[O-])cc2S(=O)(=O)c2cc([N+](=O)[O-])ccc21. The monoisotopic (exact) mass is 335 g/mol. The summed E-state index contributed by atoms with van der Waals surface area (Å²) in [5.41, 5.74) is -0.182. The molecule has 0 bridgehead atoms. The van der Waals surface area contributed by atoms with E-state index in [2.05, 4.69) is 0 Å². The zero-order valence-electron chi connectivity index (χ0n) is 11.7. The van der Waals surface area contributed by atoms with Gasteiger partial charge in [-0.3, -0.25) is 20.2 Å². The highest BCUT2D eigenvalue weighted by Crippen LogP contribution is 2.45. The Labute approximate surface area is 130 Å². The third-order valence-corrected chi connectivity index (χ3v) is 5.42. The van der Waals surface area contributed by atoms with Crippen LogP contribution < -0.4 is 4.90 Å². The van der Waals surface area contributed by atoms with Gasteiger partial charge >= 0.3 is 0 Å². The second-order valence-electron chi connectivity index (χ2n) is 4.88. The molecule has 0 radical (unpaired) electrons. The highest BCUT2D eigenvalue weighted by molar-refractivity contribution is 7.92. The van der Waals surface area contributed by atoms with Gasteiger partial charge in [-0.15, -0.1) is 0 Å². The minimum atomic E-state index is -4.10. The predicted octanol–water partition coefficient (Wildman–Crippen LogP) is 2.42. The molecule has 1 heterocycles. The van der Waals surface area contributed by atoms with Gasteiger partial charge in [0.2, 0.25) is 9.84 Å². The van der Waals surface area contributed by atoms with Gasteiger partial charge in [-0.1, -0.05) is 0 Å². The molecule has 0 aliphatic carbocycles. The van der Waals surface area contributed by atoms with Gasteiger partial charge in [-0.05, 0) is 12.1 Å². The van der Waals surface area contributed by atoms with Crippen molar-refractivity contribution in [1.29, 1.82) is 0 Å². The molecule has 1 aliphatic heterocycles. The van der Waals surface area contributed by atoms with Crippen LogP contribution in [-0.2, 0) is 9.84 Å². The Morgan fingerprint density at radius 3 is 1.61 bits per heavy atom. The van der Waals surface area contributed by atoms with E-state index < -0.39 is 19.7 Å². The molecule has 10 heteroatoms. The molecule has 0 aromatic heterocycles. The summed E-state index contributed by atoms with van der Waals surface area (Å²) in [6, 6.07) is 7.03. The first-order valence-electron chi connectivity index (χ1n) is 6.29. The van der Waals surface area contributed by atoms with E-state index in [9.17, 15) is 28.6 Å². The number of non-ortho nitro benzene ring substituents is 2. The predicted molar refractivity (Wildman–Crippen MR) is 79.7 cm³/mol. The van der Waals surface area contributed by atoms with E-state index >= 15 is 0 Å². The van der Waals surface area contributed by atoms with Crippen molar-refractivity contribution in [3.05, 3.63) is 56.6 Å². The molecule has 118 valence electrons. The Morgan fingerprint density at radius 2 is 1.26 bits per heavy atom. The Hall–Kier alpha value is -3.01. The van der Waals surface area contributed by atoms with Crippen molar-refractivity contribution in [2.75, 3.05) is 11.9 Å². The second kappa shape index (κ2) is 4.74. The van der Waals surface area contributed by atoms with Crippen molar-refractivity contribution in [3.8, 4) is 0 Å². The average molecular weight is 335 g/mol. The zero-order valence-corrected chi connectivity index (χ0v) is 12.5. The Balaban J connectivity index is 2.32. The standard InChI is InChI=1S/C13H9N3O6S/c1-14-10-4-2-8(15(17)18)6-12(10)23(21,22)13-7-9(16(19)20)3-5-11(13)14/h2-7H,1H3. The fraction of sp³-hybridized carbons (Fsp3) is 0.0769. The van der Waals surface area contributed by atoms with E-state index in [4.69, 9.17) is 0 Å². The minimum absolute atomic E-state index is 0.248. The highest BCUT2D eigenvalue weighted by atomic mass is 32.2. The van der Waals surface area contributed by atoms with E-state index in [1.807, 2.05) is 0 Å². The summed E-state index contributed by atoms with van der Waals surface area (Å²) in [6.45, 7) is 0. The van der Waals surface area contributed by atoms with E-state index in [1.54, 1.807) is 7.05 Å². The van der Waals surface area contributed by atoms with Crippen LogP contribution in [0.5, 0.6) is 0 Å². The van der Waals surface area contributed by atoms with Crippen LogP contribution in [0.1, 0.15) is 0 Å². The van der Waals surface area contributed by atoms with Crippen LogP contribution in [-0.4, -0.2) is 25.3 Å². The minimum Gasteiger partial charge on any atom is -0.342 e. The summed E-state index contributed by atoms with van der Waals surface area (Å²) in [4.78, 5) is 21.4. The first-order chi connectivity index (χ1) is 10.7. The molecular formula is C13H9N3O6S. The smallest absolute Gasteiger partial charge is 0.270 e. The van der Waals surface area contributed by atoms with Crippen LogP contribution in [0.3, 0.4) is 0 Å². The van der Waals surface area contributed by atoms with E-state index in [1.165, 1.54) is 29.2 Å². The van der Waals surface area contributed by atoms with Crippen molar-refractivity contribution in [3.63, 3.8) is 0 Å². The van der Waals surface area contributed by atoms with Gasteiger partial charge in [0.25, 0.3) is 11.4 Å². The number of nitrogens with zero attached hydrogens (tertiary/aromatic N) is 3. The zero-order chi connectivity index (χ0) is 16.9. The lowest BCUT2D eigenvalue weighted by Gasteiger charge is -2.29. The van der Waals surface area contributed by atoms with Crippen LogP contribution in [0.4, 0.5) is 22.7 Å². The molecule has 0 amide bonds. The lowest BCUT2D eigenvalue weighted by atomic mass is 10.2. The summed E-state index contributed by atoms with van der Waals surface area (Å²) in [6.07, 6.45) is 0. The number of rotatable bonds is 2. The quantitative estimate of drug-likeness (QED) is 0.609. The number of hydrogen-bond acceptors (Lipinski definition) is 7. The van der Waals surface area contributed by atoms with Crippen molar-refractivity contribution < 1.29 is 18.3 Å². The molecule has 0 saturated heterocycles. The van der Waals surface area contributed by atoms with Gasteiger partial charge in [0.15, 0.2) is 0 Å². The highest BCUT2D eigenvalue weighted by Gasteiger charge is 2.35. The Kier molecular flexibility index (Phi) is 3.08. The summed E-state index contributed by atoms with van der Waals surface area (Å²) >= 11 is 0. The van der Waals surface area contributed by atoms with Crippen molar-refractivity contribution in [2.45, 2.75) is 9.79 Å². The molecule has 9 nitrogen and oxygen atoms in total. The van der Waals surface area contributed by atoms with Crippen molar-refractivity contribution in [2.24, 2.45) is 0 Å². The maximum atomic E-state index is 12.7. The maximum absolute atomic E-state index is 12.7. The first-order valence-corrected chi connectivity index (χ1v) is 7.77. The molecule has 2 aromatic carbocycles. The van der Waals surface area contributed by atoms with Crippen LogP contribution in [0.2, 0.25) is 0 Å². The van der Waals surface area contributed by atoms with E-state index in [0.29, 0.717) is 0 Å². The molecule has 3 rings (SSSR count). The number of benzene rings is 2. The molecule has 0 N–H and O–H groups in total. The second-order valence-corrected chi connectivity index (χ2v) is 6.77. The maximum Gasteiger partial charge on any atom is 0.270 e. The fourth-order valence-electron chi connectivity index (χ4n) is 2.47. The number of hydrogen-bond donors (Lipinski definition) is 0. The molecule has 0 spiro atoms. The Morgan fingerprint density at radius 1 is 0.870 bits per heavy atom. The average Bonchev–Trinajstić information content (AvgIpc) is 2.51. The van der Waals surface area contributed by atoms with Gasteiger partial charge < -0.3 is 4.90 Å². The molecule has 1 aliphatic rings. The summed E-state index contributed by atoms with van der Waals surface area (Å²) in [7, 11) is -2.51. The molecular weight excluding hydrogens is 326 g/mol. The molecule has 0 atom stereocenters. The molecule has 23 heavy (non-hydrogen) atoms. The summed E-state index contributed by atoms with van der Waals surface area (Å²) in [5, 5.41) is 21.8. The molecule has 0 unspecified atom stereocenters. The largest absolute Gasteiger partial charge is 0.342 e. The number of anilines is 2. The summed E-state index contributed by atoms with van der Waals surface area (Å²) in [5.74, 6) is 0. The van der Waals surface area contributed by atoms with Gasteiger partial charge in [0.1, 0.15) is 9.79 Å². The summed E-state index contributed by atoms with van der Waals surface area (Å²) < 4.78 is 25.4. The van der Waals surface area contributed by atoms with Gasteiger partial charge in [-0.2, -0.15) is 0 Å². The Bertz CT molecular complexity index is 898. The molecule has 2 aromatic rings. The lowest BCUT2D eigenvalue weighted by molar-refractivity contribution is -0.385. The number of nitro benzene ring substituents is 2.